The lowest BCUT2D eigenvalue weighted by Crippen LogP contribution is -2.10. The highest BCUT2D eigenvalue weighted by Gasteiger charge is 2.19. The highest BCUT2D eigenvalue weighted by molar-refractivity contribution is 6.07. The topological polar surface area (TPSA) is 117 Å². The van der Waals surface area contributed by atoms with Gasteiger partial charge in [0.15, 0.2) is 0 Å². The number of non-ortho nitro benzene ring substituents is 1. The number of fused-ring (bicyclic) bond motifs is 1. The predicted octanol–water partition coefficient (Wildman–Crippen LogP) is 3.75. The number of nitro benzene ring substituents is 1. The Labute approximate surface area is 160 Å². The van der Waals surface area contributed by atoms with E-state index in [1.807, 2.05) is 19.9 Å². The molecular weight excluding hydrogens is 362 g/mol. The van der Waals surface area contributed by atoms with Crippen molar-refractivity contribution in [1.29, 1.82) is 0 Å². The third-order valence-electron chi connectivity index (χ3n) is 4.49. The summed E-state index contributed by atoms with van der Waals surface area (Å²) in [6, 6.07) is 7.06. The molecule has 144 valence electrons. The van der Waals surface area contributed by atoms with Crippen LogP contribution >= 0.6 is 0 Å². The quantitative estimate of drug-likeness (QED) is 0.407. The fourth-order valence-electron chi connectivity index (χ4n) is 2.87. The van der Waals surface area contributed by atoms with Crippen molar-refractivity contribution in [1.82, 2.24) is 4.98 Å². The van der Waals surface area contributed by atoms with Gasteiger partial charge in [0.25, 0.3) is 5.69 Å². The molecule has 3 rings (SSSR count). The summed E-state index contributed by atoms with van der Waals surface area (Å²) < 4.78 is 5.10. The van der Waals surface area contributed by atoms with Gasteiger partial charge in [0.05, 0.1) is 22.7 Å². The van der Waals surface area contributed by atoms with Gasteiger partial charge in [-0.15, -0.1) is 0 Å². The van der Waals surface area contributed by atoms with Crippen LogP contribution in [-0.2, 0) is 4.74 Å². The minimum atomic E-state index is -0.601. The fourth-order valence-corrected chi connectivity index (χ4v) is 2.87. The Bertz CT molecular complexity index is 1090. The van der Waals surface area contributed by atoms with Crippen LogP contribution in [-0.4, -0.2) is 22.5 Å². The summed E-state index contributed by atoms with van der Waals surface area (Å²) in [6.45, 7) is 5.71. The number of carbonyl (C=O) groups excluding carboxylic acids is 1. The second-order valence-corrected chi connectivity index (χ2v) is 6.23. The molecule has 0 saturated carbocycles. The molecule has 1 aromatic heterocycles. The van der Waals surface area contributed by atoms with Crippen LogP contribution in [0.2, 0.25) is 0 Å². The monoisotopic (exact) mass is 380 g/mol. The van der Waals surface area contributed by atoms with Crippen LogP contribution < -0.4 is 10.4 Å². The summed E-state index contributed by atoms with van der Waals surface area (Å²) >= 11 is 0. The molecule has 0 spiro atoms. The number of hydrogen-bond acceptors (Lipinski definition) is 7. The zero-order valence-electron chi connectivity index (χ0n) is 15.6. The number of hydrogen-bond donors (Lipinski definition) is 1. The number of nitrogens with zero attached hydrogens (tertiary/aromatic N) is 2. The van der Waals surface area contributed by atoms with Crippen molar-refractivity contribution in [2.45, 2.75) is 20.8 Å². The van der Waals surface area contributed by atoms with Gasteiger partial charge in [0.1, 0.15) is 5.56 Å². The lowest BCUT2D eigenvalue weighted by molar-refractivity contribution is -0.385. The summed E-state index contributed by atoms with van der Waals surface area (Å²) in [4.78, 5) is 27.3. The highest BCUT2D eigenvalue weighted by Crippen LogP contribution is 2.35. The van der Waals surface area contributed by atoms with Crippen LogP contribution in [0, 0.1) is 24.0 Å². The van der Waals surface area contributed by atoms with Crippen molar-refractivity contribution in [2.75, 3.05) is 11.9 Å². The van der Waals surface area contributed by atoms with Crippen molar-refractivity contribution >= 4 is 33.9 Å². The van der Waals surface area contributed by atoms with Crippen LogP contribution in [0.15, 0.2) is 36.5 Å². The minimum absolute atomic E-state index is 0.00882. The molecule has 8 nitrogen and oxygen atoms in total. The van der Waals surface area contributed by atoms with E-state index < -0.39 is 16.6 Å². The number of ether oxygens (including phenoxy) is 1. The first-order chi connectivity index (χ1) is 13.3. The molecule has 0 bridgehead atoms. The first-order valence-electron chi connectivity index (χ1n) is 8.62. The number of rotatable bonds is 5. The molecule has 0 amide bonds. The standard InChI is InChI=1S/C20H19N3O5/c1-4-28-20(25)15-10-21-18-12(3)11(2)5-7-14(18)19(15)22-16-9-13(23(26)27)6-8-17(16)24/h5-10,24H,4H2,1-3H3,(H,21,22)/p-1. The average molecular weight is 380 g/mol. The van der Waals surface area contributed by atoms with Crippen LogP contribution in [0.3, 0.4) is 0 Å². The van der Waals surface area contributed by atoms with Gasteiger partial charge in [-0.25, -0.2) is 4.79 Å². The number of pyridine rings is 1. The Morgan fingerprint density at radius 1 is 1.25 bits per heavy atom. The molecule has 28 heavy (non-hydrogen) atoms. The van der Waals surface area contributed by atoms with E-state index in [0.717, 1.165) is 29.3 Å². The molecule has 3 aromatic rings. The molecule has 0 aliphatic heterocycles. The molecule has 2 aromatic carbocycles. The van der Waals surface area contributed by atoms with Gasteiger partial charge in [-0.3, -0.25) is 15.1 Å². The molecule has 0 aliphatic rings. The number of nitro groups is 1. The largest absolute Gasteiger partial charge is 0.871 e. The Kier molecular flexibility index (Phi) is 5.12. The Balaban J connectivity index is 2.24. The Morgan fingerprint density at radius 2 is 2.00 bits per heavy atom. The van der Waals surface area contributed by atoms with Crippen LogP contribution in [0.1, 0.15) is 28.4 Å². The molecule has 0 aliphatic carbocycles. The summed E-state index contributed by atoms with van der Waals surface area (Å²) in [7, 11) is 0. The molecule has 1 heterocycles. The van der Waals surface area contributed by atoms with E-state index in [-0.39, 0.29) is 23.5 Å². The second kappa shape index (κ2) is 7.51. The number of aryl methyl sites for hydroxylation is 2. The lowest BCUT2D eigenvalue weighted by Gasteiger charge is -2.19. The molecular formula is C20H18N3O5-. The molecule has 0 unspecified atom stereocenters. The number of benzene rings is 2. The van der Waals surface area contributed by atoms with E-state index in [1.54, 1.807) is 13.0 Å². The smallest absolute Gasteiger partial charge is 0.341 e. The van der Waals surface area contributed by atoms with Crippen LogP contribution in [0.5, 0.6) is 5.75 Å². The second-order valence-electron chi connectivity index (χ2n) is 6.23. The van der Waals surface area contributed by atoms with E-state index >= 15 is 0 Å². The number of esters is 1. The van der Waals surface area contributed by atoms with Crippen LogP contribution in [0.4, 0.5) is 17.1 Å². The molecule has 1 N–H and O–H groups in total. The summed E-state index contributed by atoms with van der Waals surface area (Å²) in [6.07, 6.45) is 1.39. The van der Waals surface area contributed by atoms with E-state index in [2.05, 4.69) is 10.3 Å². The molecule has 0 radical (unpaired) electrons. The molecule has 0 saturated heterocycles. The number of aromatic nitrogens is 1. The van der Waals surface area contributed by atoms with E-state index in [4.69, 9.17) is 4.74 Å². The molecule has 0 atom stereocenters. The van der Waals surface area contributed by atoms with Gasteiger partial charge in [-0.2, -0.15) is 0 Å². The zero-order valence-corrected chi connectivity index (χ0v) is 15.6. The third kappa shape index (κ3) is 3.44. The Hall–Kier alpha value is -3.68. The Morgan fingerprint density at radius 3 is 2.68 bits per heavy atom. The van der Waals surface area contributed by atoms with Crippen molar-refractivity contribution in [3.8, 4) is 5.75 Å². The fraction of sp³-hybridized carbons (Fsp3) is 0.200. The number of carbonyl (C=O) groups is 1. The van der Waals surface area contributed by atoms with Crippen molar-refractivity contribution in [2.24, 2.45) is 0 Å². The predicted molar refractivity (Wildman–Crippen MR) is 103 cm³/mol. The van der Waals surface area contributed by atoms with Gasteiger partial charge in [0.2, 0.25) is 0 Å². The maximum atomic E-state index is 12.4. The van der Waals surface area contributed by atoms with E-state index in [0.29, 0.717) is 16.6 Å². The highest BCUT2D eigenvalue weighted by atomic mass is 16.6. The van der Waals surface area contributed by atoms with E-state index in [9.17, 15) is 20.0 Å². The van der Waals surface area contributed by atoms with Crippen molar-refractivity contribution in [3.05, 3.63) is 63.3 Å². The van der Waals surface area contributed by atoms with Gasteiger partial charge in [-0.1, -0.05) is 23.9 Å². The first kappa shape index (κ1) is 19.1. The summed E-state index contributed by atoms with van der Waals surface area (Å²) in [5, 5.41) is 26.8. The summed E-state index contributed by atoms with van der Waals surface area (Å²) in [5.41, 5.74) is 2.84. The third-order valence-corrected chi connectivity index (χ3v) is 4.49. The van der Waals surface area contributed by atoms with Crippen molar-refractivity contribution in [3.63, 3.8) is 0 Å². The van der Waals surface area contributed by atoms with Crippen molar-refractivity contribution < 1.29 is 19.6 Å². The van der Waals surface area contributed by atoms with Gasteiger partial charge in [0, 0.05) is 29.4 Å². The maximum absolute atomic E-state index is 12.4. The average Bonchev–Trinajstić information content (AvgIpc) is 2.66. The normalized spacial score (nSPS) is 10.7. The zero-order chi connectivity index (χ0) is 20.4. The number of nitrogens with one attached hydrogen (secondary N) is 1. The van der Waals surface area contributed by atoms with Gasteiger partial charge in [-0.05, 0) is 31.9 Å². The van der Waals surface area contributed by atoms with Gasteiger partial charge >= 0.3 is 5.97 Å². The molecule has 0 fully saturated rings. The maximum Gasteiger partial charge on any atom is 0.341 e. The van der Waals surface area contributed by atoms with E-state index in [1.165, 1.54) is 6.20 Å². The van der Waals surface area contributed by atoms with Gasteiger partial charge < -0.3 is 15.2 Å². The summed E-state index contributed by atoms with van der Waals surface area (Å²) in [5.74, 6) is -1.04. The van der Waals surface area contributed by atoms with Crippen LogP contribution in [0.25, 0.3) is 10.9 Å². The SMILES string of the molecule is CCOC(=O)c1cnc2c(C)c(C)ccc2c1Nc1cc([N+](=O)[O-])ccc1[O-]. The minimum Gasteiger partial charge on any atom is -0.871 e. The lowest BCUT2D eigenvalue weighted by atomic mass is 10.0. The number of anilines is 2. The first-order valence-corrected chi connectivity index (χ1v) is 8.62. The molecule has 8 heteroatoms.